The van der Waals surface area contributed by atoms with Gasteiger partial charge in [-0.1, -0.05) is 53.4 Å². The molecule has 0 aromatic carbocycles. The van der Waals surface area contributed by atoms with Gasteiger partial charge in [-0.3, -0.25) is 0 Å². The van der Waals surface area contributed by atoms with E-state index in [1.54, 1.807) is 0 Å². The van der Waals surface area contributed by atoms with Crippen molar-refractivity contribution in [1.29, 1.82) is 0 Å². The Hall–Kier alpha value is -0.0400. The molecular formula is C13H27N. The molecule has 1 rings (SSSR count). The Morgan fingerprint density at radius 3 is 2.07 bits per heavy atom. The Kier molecular flexibility index (Phi) is 4.94. The first-order valence-corrected chi connectivity index (χ1v) is 6.34. The van der Waals surface area contributed by atoms with E-state index in [1.165, 1.54) is 32.2 Å². The molecule has 0 radical (unpaired) electrons. The van der Waals surface area contributed by atoms with Gasteiger partial charge in [-0.2, -0.15) is 0 Å². The Labute approximate surface area is 89.7 Å². The first-order valence-electron chi connectivity index (χ1n) is 6.34. The predicted octanol–water partition coefficient (Wildman–Crippen LogP) is 3.45. The summed E-state index contributed by atoms with van der Waals surface area (Å²) in [7, 11) is 0. The van der Waals surface area contributed by atoms with Crippen molar-refractivity contribution in [2.45, 2.75) is 59.4 Å². The fraction of sp³-hybridized carbons (Fsp3) is 1.00. The molecule has 0 aromatic rings. The van der Waals surface area contributed by atoms with Crippen molar-refractivity contribution in [2.75, 3.05) is 6.54 Å². The Bertz CT molecular complexity index is 145. The maximum Gasteiger partial charge on any atom is 0.00104 e. The molecule has 0 aliphatic heterocycles. The summed E-state index contributed by atoms with van der Waals surface area (Å²) in [6.07, 6.45) is 5.89. The van der Waals surface area contributed by atoms with E-state index in [2.05, 4.69) is 33.0 Å². The van der Waals surface area contributed by atoms with E-state index >= 15 is 0 Å². The van der Waals surface area contributed by atoms with Crippen LogP contribution in [0.25, 0.3) is 0 Å². The summed E-state index contributed by atoms with van der Waals surface area (Å²) in [4.78, 5) is 0. The highest BCUT2D eigenvalue weighted by molar-refractivity contribution is 4.79. The molecule has 1 heteroatoms. The Morgan fingerprint density at radius 2 is 1.64 bits per heavy atom. The first kappa shape index (κ1) is 12.0. The summed E-state index contributed by atoms with van der Waals surface area (Å²) in [6, 6.07) is 0.637. The summed E-state index contributed by atoms with van der Waals surface area (Å²) in [5.74, 6) is 2.74. The van der Waals surface area contributed by atoms with Crippen LogP contribution in [0, 0.1) is 17.8 Å². The summed E-state index contributed by atoms with van der Waals surface area (Å²) in [5.41, 5.74) is 0. The molecule has 1 aliphatic rings. The van der Waals surface area contributed by atoms with Crippen LogP contribution in [0.4, 0.5) is 0 Å². The lowest BCUT2D eigenvalue weighted by Crippen LogP contribution is -2.34. The number of rotatable bonds is 5. The molecule has 0 spiro atoms. The summed E-state index contributed by atoms with van der Waals surface area (Å²) < 4.78 is 0. The molecule has 14 heavy (non-hydrogen) atoms. The minimum absolute atomic E-state index is 0.637. The van der Waals surface area contributed by atoms with Crippen molar-refractivity contribution >= 4 is 0 Å². The van der Waals surface area contributed by atoms with Gasteiger partial charge in [0.15, 0.2) is 0 Å². The third kappa shape index (κ3) is 3.61. The maximum absolute atomic E-state index is 3.60. The zero-order chi connectivity index (χ0) is 10.6. The third-order valence-corrected chi connectivity index (χ3v) is 3.62. The molecule has 1 fully saturated rings. The van der Waals surface area contributed by atoms with E-state index in [1.807, 2.05) is 0 Å². The highest BCUT2D eigenvalue weighted by Crippen LogP contribution is 2.34. The normalized spacial score (nSPS) is 21.0. The van der Waals surface area contributed by atoms with Crippen molar-refractivity contribution in [3.8, 4) is 0 Å². The van der Waals surface area contributed by atoms with Gasteiger partial charge < -0.3 is 5.32 Å². The van der Waals surface area contributed by atoms with Crippen molar-refractivity contribution in [3.63, 3.8) is 0 Å². The molecule has 84 valence electrons. The van der Waals surface area contributed by atoms with Crippen LogP contribution in [0.15, 0.2) is 0 Å². The molecule has 1 atom stereocenters. The third-order valence-electron chi connectivity index (χ3n) is 3.62. The van der Waals surface area contributed by atoms with E-state index < -0.39 is 0 Å². The van der Waals surface area contributed by atoms with Gasteiger partial charge in [-0.05, 0) is 24.3 Å². The van der Waals surface area contributed by atoms with Crippen LogP contribution in [0.3, 0.4) is 0 Å². The lowest BCUT2D eigenvalue weighted by molar-refractivity contribution is 0.242. The largest absolute Gasteiger partial charge is 0.314 e. The van der Waals surface area contributed by atoms with Gasteiger partial charge in [0.1, 0.15) is 0 Å². The van der Waals surface area contributed by atoms with Crippen molar-refractivity contribution in [1.82, 2.24) is 5.32 Å². The molecule has 0 heterocycles. The fourth-order valence-corrected chi connectivity index (χ4v) is 2.70. The van der Waals surface area contributed by atoms with Crippen LogP contribution in [0.2, 0.25) is 0 Å². The number of hydrogen-bond acceptors (Lipinski definition) is 1. The summed E-state index contributed by atoms with van der Waals surface area (Å²) in [5, 5.41) is 3.60. The van der Waals surface area contributed by atoms with Gasteiger partial charge in [0, 0.05) is 6.04 Å². The van der Waals surface area contributed by atoms with E-state index in [-0.39, 0.29) is 0 Å². The topological polar surface area (TPSA) is 12.0 Å². The second-order valence-corrected chi connectivity index (χ2v) is 5.52. The van der Waals surface area contributed by atoms with Gasteiger partial charge in [-0.15, -0.1) is 0 Å². The van der Waals surface area contributed by atoms with Crippen LogP contribution >= 0.6 is 0 Å². The molecule has 0 amide bonds. The lowest BCUT2D eigenvalue weighted by Gasteiger charge is -2.28. The monoisotopic (exact) mass is 197 g/mol. The zero-order valence-electron chi connectivity index (χ0n) is 10.3. The lowest BCUT2D eigenvalue weighted by atomic mass is 9.82. The second-order valence-electron chi connectivity index (χ2n) is 5.52. The van der Waals surface area contributed by atoms with E-state index in [4.69, 9.17) is 0 Å². The average molecular weight is 197 g/mol. The molecule has 1 unspecified atom stereocenters. The predicted molar refractivity (Wildman–Crippen MR) is 63.4 cm³/mol. The van der Waals surface area contributed by atoms with Crippen LogP contribution in [0.1, 0.15) is 53.4 Å². The van der Waals surface area contributed by atoms with Crippen LogP contribution < -0.4 is 5.32 Å². The summed E-state index contributed by atoms with van der Waals surface area (Å²) in [6.45, 7) is 10.5. The van der Waals surface area contributed by atoms with Crippen LogP contribution in [0.5, 0.6) is 0 Å². The van der Waals surface area contributed by atoms with E-state index in [9.17, 15) is 0 Å². The van der Waals surface area contributed by atoms with Crippen molar-refractivity contribution < 1.29 is 0 Å². The zero-order valence-corrected chi connectivity index (χ0v) is 10.3. The van der Waals surface area contributed by atoms with Gasteiger partial charge in [0.25, 0.3) is 0 Å². The highest BCUT2D eigenvalue weighted by Gasteiger charge is 2.26. The average Bonchev–Trinajstić information content (AvgIpc) is 2.56. The Balaban J connectivity index is 2.37. The van der Waals surface area contributed by atoms with E-state index in [0.29, 0.717) is 6.04 Å². The molecule has 1 nitrogen and oxygen atoms in total. The second kappa shape index (κ2) is 5.75. The molecule has 0 saturated heterocycles. The van der Waals surface area contributed by atoms with Crippen LogP contribution in [-0.4, -0.2) is 12.6 Å². The van der Waals surface area contributed by atoms with Gasteiger partial charge in [0.05, 0.1) is 0 Å². The minimum atomic E-state index is 0.637. The Morgan fingerprint density at radius 1 is 1.07 bits per heavy atom. The molecule has 0 aromatic heterocycles. The van der Waals surface area contributed by atoms with Gasteiger partial charge in [-0.25, -0.2) is 0 Å². The molecule has 1 aliphatic carbocycles. The first-order chi connectivity index (χ1) is 6.61. The van der Waals surface area contributed by atoms with Gasteiger partial charge in [0.2, 0.25) is 0 Å². The molecule has 0 bridgehead atoms. The molecular weight excluding hydrogens is 170 g/mol. The smallest absolute Gasteiger partial charge is 0.00104 e. The number of nitrogens with one attached hydrogen (secondary N) is 1. The highest BCUT2D eigenvalue weighted by atomic mass is 14.9. The summed E-state index contributed by atoms with van der Waals surface area (Å²) >= 11 is 0. The number of hydrogen-bond donors (Lipinski definition) is 1. The molecule has 1 saturated carbocycles. The van der Waals surface area contributed by atoms with Crippen molar-refractivity contribution in [2.24, 2.45) is 17.8 Å². The fourth-order valence-electron chi connectivity index (χ4n) is 2.70. The maximum atomic E-state index is 3.60. The molecule has 1 N–H and O–H groups in total. The SMILES string of the molecule is CC(C)NCC(C(C)C)C1CCCC1. The van der Waals surface area contributed by atoms with Gasteiger partial charge >= 0.3 is 0 Å². The minimum Gasteiger partial charge on any atom is -0.314 e. The van der Waals surface area contributed by atoms with Crippen molar-refractivity contribution in [3.05, 3.63) is 0 Å². The quantitative estimate of drug-likeness (QED) is 0.712. The van der Waals surface area contributed by atoms with Crippen LogP contribution in [-0.2, 0) is 0 Å². The van der Waals surface area contributed by atoms with E-state index in [0.717, 1.165) is 17.8 Å². The standard InChI is InChI=1S/C13H27N/c1-10(2)13(9-14-11(3)4)12-7-5-6-8-12/h10-14H,5-9H2,1-4H3.